The quantitative estimate of drug-likeness (QED) is 0.643. The number of rotatable bonds is 4. The highest BCUT2D eigenvalue weighted by molar-refractivity contribution is 7.13. The lowest BCUT2D eigenvalue weighted by Crippen LogP contribution is -2.35. The lowest BCUT2D eigenvalue weighted by atomic mass is 9.84. The number of carbonyl (C=O) groups excluding carboxylic acids is 1. The number of para-hydroxylation sites is 1. The Morgan fingerprint density at radius 3 is 2.50 bits per heavy atom. The molecule has 30 heavy (non-hydrogen) atoms. The third kappa shape index (κ3) is 3.79. The molecule has 1 aromatic carbocycles. The molecule has 6 nitrogen and oxygen atoms in total. The Morgan fingerprint density at radius 1 is 1.00 bits per heavy atom. The first-order valence-corrected chi connectivity index (χ1v) is 11.6. The molecule has 2 aromatic heterocycles. The van der Waals surface area contributed by atoms with Crippen LogP contribution in [-0.2, 0) is 0 Å². The molecule has 0 saturated carbocycles. The van der Waals surface area contributed by atoms with Crippen LogP contribution in [0, 0.1) is 11.8 Å². The van der Waals surface area contributed by atoms with Crippen molar-refractivity contribution < 1.29 is 4.79 Å². The summed E-state index contributed by atoms with van der Waals surface area (Å²) in [6.07, 6.45) is 3.58. The van der Waals surface area contributed by atoms with Crippen LogP contribution in [0.15, 0.2) is 47.8 Å². The highest BCUT2D eigenvalue weighted by atomic mass is 32.1. The van der Waals surface area contributed by atoms with Crippen LogP contribution >= 0.6 is 11.3 Å². The molecule has 0 spiro atoms. The Bertz CT molecular complexity index is 992. The maximum atomic E-state index is 13.3. The van der Waals surface area contributed by atoms with Crippen LogP contribution in [0.2, 0.25) is 0 Å². The number of carbonyl (C=O) groups is 1. The lowest BCUT2D eigenvalue weighted by molar-refractivity contribution is 0.0764. The number of aromatic nitrogens is 3. The van der Waals surface area contributed by atoms with Gasteiger partial charge >= 0.3 is 0 Å². The average molecular weight is 422 g/mol. The van der Waals surface area contributed by atoms with E-state index >= 15 is 0 Å². The minimum Gasteiger partial charge on any atom is -0.336 e. The second kappa shape index (κ2) is 8.32. The SMILES string of the molecule is CN1CCC([C@H]2CCN(C(=O)c3nc(-c4cccs4)n(-c4ccccc4)n3)C2)CC1. The van der Waals surface area contributed by atoms with Gasteiger partial charge in [-0.1, -0.05) is 24.3 Å². The van der Waals surface area contributed by atoms with Crippen molar-refractivity contribution >= 4 is 17.2 Å². The summed E-state index contributed by atoms with van der Waals surface area (Å²) in [5, 5.41) is 6.66. The summed E-state index contributed by atoms with van der Waals surface area (Å²) >= 11 is 1.61. The van der Waals surface area contributed by atoms with Crippen LogP contribution in [0.1, 0.15) is 29.9 Å². The summed E-state index contributed by atoms with van der Waals surface area (Å²) in [5.41, 5.74) is 0.915. The molecule has 156 valence electrons. The van der Waals surface area contributed by atoms with Gasteiger partial charge in [-0.05, 0) is 74.8 Å². The van der Waals surface area contributed by atoms with Crippen LogP contribution < -0.4 is 0 Å². The van der Waals surface area contributed by atoms with E-state index in [1.165, 1.54) is 25.9 Å². The second-order valence-electron chi connectivity index (χ2n) is 8.42. The van der Waals surface area contributed by atoms with Crippen molar-refractivity contribution in [3.8, 4) is 16.4 Å². The fourth-order valence-corrected chi connectivity index (χ4v) is 5.41. The first-order valence-electron chi connectivity index (χ1n) is 10.7. The van der Waals surface area contributed by atoms with Crippen molar-refractivity contribution in [2.45, 2.75) is 19.3 Å². The zero-order valence-corrected chi connectivity index (χ0v) is 18.1. The maximum Gasteiger partial charge on any atom is 0.293 e. The number of benzene rings is 1. The van der Waals surface area contributed by atoms with Gasteiger partial charge < -0.3 is 9.80 Å². The summed E-state index contributed by atoms with van der Waals surface area (Å²) < 4.78 is 1.80. The summed E-state index contributed by atoms with van der Waals surface area (Å²) in [6.45, 7) is 3.98. The van der Waals surface area contributed by atoms with Crippen molar-refractivity contribution in [1.29, 1.82) is 0 Å². The first-order chi connectivity index (χ1) is 14.7. The second-order valence-corrected chi connectivity index (χ2v) is 9.37. The van der Waals surface area contributed by atoms with E-state index in [1.54, 1.807) is 16.0 Å². The van der Waals surface area contributed by atoms with E-state index in [2.05, 4.69) is 22.0 Å². The summed E-state index contributed by atoms with van der Waals surface area (Å²) in [4.78, 5) is 23.3. The third-order valence-electron chi connectivity index (χ3n) is 6.48. The van der Waals surface area contributed by atoms with Crippen LogP contribution in [0.25, 0.3) is 16.4 Å². The molecule has 2 saturated heterocycles. The van der Waals surface area contributed by atoms with Gasteiger partial charge in [-0.25, -0.2) is 9.67 Å². The standard InChI is InChI=1S/C23H27N5OS/c1-26-12-9-17(10-13-26)18-11-14-27(16-18)23(29)21-24-22(20-8-5-15-30-20)28(25-21)19-6-3-2-4-7-19/h2-8,15,17-18H,9-14,16H2,1H3/t18-/m0/s1. The Hall–Kier alpha value is -2.51. The highest BCUT2D eigenvalue weighted by Gasteiger charge is 2.35. The topological polar surface area (TPSA) is 54.3 Å². The van der Waals surface area contributed by atoms with Gasteiger partial charge in [0, 0.05) is 13.1 Å². The summed E-state index contributed by atoms with van der Waals surface area (Å²) in [5.74, 6) is 2.32. The number of likely N-dealkylation sites (tertiary alicyclic amines) is 2. The van der Waals surface area contributed by atoms with Crippen molar-refractivity contribution in [2.75, 3.05) is 33.2 Å². The minimum atomic E-state index is -0.0436. The van der Waals surface area contributed by atoms with E-state index < -0.39 is 0 Å². The fourth-order valence-electron chi connectivity index (χ4n) is 4.72. The molecule has 0 unspecified atom stereocenters. The van der Waals surface area contributed by atoms with Gasteiger partial charge in [-0.3, -0.25) is 4.79 Å². The predicted octanol–water partition coefficient (Wildman–Crippen LogP) is 3.80. The van der Waals surface area contributed by atoms with Gasteiger partial charge in [0.15, 0.2) is 5.82 Å². The fraction of sp³-hybridized carbons (Fsp3) is 0.435. The van der Waals surface area contributed by atoms with Crippen LogP contribution in [0.4, 0.5) is 0 Å². The average Bonchev–Trinajstić information content (AvgIpc) is 3.54. The van der Waals surface area contributed by atoms with Gasteiger partial charge in [0.25, 0.3) is 5.91 Å². The third-order valence-corrected chi connectivity index (χ3v) is 7.35. The molecular formula is C23H27N5OS. The monoisotopic (exact) mass is 421 g/mol. The molecule has 7 heteroatoms. The van der Waals surface area contributed by atoms with E-state index in [-0.39, 0.29) is 5.91 Å². The number of hydrogen-bond acceptors (Lipinski definition) is 5. The van der Waals surface area contributed by atoms with E-state index in [4.69, 9.17) is 0 Å². The van der Waals surface area contributed by atoms with Crippen molar-refractivity contribution in [3.63, 3.8) is 0 Å². The molecule has 0 bridgehead atoms. The van der Waals surface area contributed by atoms with Crippen molar-refractivity contribution in [1.82, 2.24) is 24.6 Å². The molecule has 0 aliphatic carbocycles. The van der Waals surface area contributed by atoms with Crippen LogP contribution in [0.3, 0.4) is 0 Å². The van der Waals surface area contributed by atoms with Crippen LogP contribution in [-0.4, -0.2) is 63.7 Å². The van der Waals surface area contributed by atoms with Gasteiger partial charge in [0.2, 0.25) is 5.82 Å². The largest absolute Gasteiger partial charge is 0.336 e. The molecule has 0 N–H and O–H groups in total. The minimum absolute atomic E-state index is 0.0436. The Labute approximate surface area is 181 Å². The Kier molecular flexibility index (Phi) is 5.39. The van der Waals surface area contributed by atoms with E-state index in [0.717, 1.165) is 41.8 Å². The molecule has 4 heterocycles. The molecule has 1 amide bonds. The van der Waals surface area contributed by atoms with Crippen molar-refractivity contribution in [3.05, 3.63) is 53.7 Å². The molecule has 2 fully saturated rings. The van der Waals surface area contributed by atoms with Crippen molar-refractivity contribution in [2.24, 2.45) is 11.8 Å². The smallest absolute Gasteiger partial charge is 0.293 e. The number of hydrogen-bond donors (Lipinski definition) is 0. The molecule has 1 atom stereocenters. The van der Waals surface area contributed by atoms with Gasteiger partial charge in [-0.15, -0.1) is 16.4 Å². The molecular weight excluding hydrogens is 394 g/mol. The van der Waals surface area contributed by atoms with E-state index in [1.807, 2.05) is 52.7 Å². The lowest BCUT2D eigenvalue weighted by Gasteiger charge is -2.32. The van der Waals surface area contributed by atoms with E-state index in [9.17, 15) is 4.79 Å². The Morgan fingerprint density at radius 2 is 1.77 bits per heavy atom. The van der Waals surface area contributed by atoms with E-state index in [0.29, 0.717) is 11.7 Å². The molecule has 2 aliphatic rings. The Balaban J connectivity index is 1.37. The molecule has 0 radical (unpaired) electrons. The van der Waals surface area contributed by atoms with Gasteiger partial charge in [-0.2, -0.15) is 0 Å². The first kappa shape index (κ1) is 19.5. The number of piperidine rings is 1. The number of amides is 1. The molecule has 5 rings (SSSR count). The predicted molar refractivity (Wildman–Crippen MR) is 119 cm³/mol. The summed E-state index contributed by atoms with van der Waals surface area (Å²) in [6, 6.07) is 13.9. The zero-order valence-electron chi connectivity index (χ0n) is 17.3. The van der Waals surface area contributed by atoms with Gasteiger partial charge in [0.1, 0.15) is 0 Å². The summed E-state index contributed by atoms with van der Waals surface area (Å²) in [7, 11) is 2.20. The highest BCUT2D eigenvalue weighted by Crippen LogP contribution is 2.32. The normalized spacial score (nSPS) is 20.7. The number of nitrogens with zero attached hydrogens (tertiary/aromatic N) is 5. The maximum absolute atomic E-state index is 13.3. The van der Waals surface area contributed by atoms with Gasteiger partial charge in [0.05, 0.1) is 10.6 Å². The molecule has 2 aliphatic heterocycles. The number of thiophene rings is 1. The molecule has 3 aromatic rings. The van der Waals surface area contributed by atoms with Crippen LogP contribution in [0.5, 0.6) is 0 Å². The zero-order chi connectivity index (χ0) is 20.5.